The zero-order valence-corrected chi connectivity index (χ0v) is 12.6. The molecular weight excluding hydrogens is 262 g/mol. The lowest BCUT2D eigenvalue weighted by molar-refractivity contribution is 0.389. The molecular formula is C16H21N5. The van der Waals surface area contributed by atoms with Crippen molar-refractivity contribution < 1.29 is 0 Å². The number of nitrogens with two attached hydrogens (primary N) is 1. The molecule has 5 heteroatoms. The van der Waals surface area contributed by atoms with Crippen molar-refractivity contribution in [1.29, 1.82) is 0 Å². The van der Waals surface area contributed by atoms with Crippen molar-refractivity contribution in [3.8, 4) is 0 Å². The summed E-state index contributed by atoms with van der Waals surface area (Å²) in [6.45, 7) is 1.99. The molecule has 0 unspecified atom stereocenters. The molecule has 3 rings (SSSR count). The summed E-state index contributed by atoms with van der Waals surface area (Å²) in [6, 6.07) is 8.14. The van der Waals surface area contributed by atoms with Gasteiger partial charge in [-0.3, -0.25) is 4.98 Å². The van der Waals surface area contributed by atoms with Crippen molar-refractivity contribution in [2.24, 2.45) is 0 Å². The normalized spacial score (nSPS) is 11.8. The van der Waals surface area contributed by atoms with E-state index in [1.807, 2.05) is 24.4 Å². The summed E-state index contributed by atoms with van der Waals surface area (Å²) in [5.74, 6) is 0.577. The molecule has 1 aromatic carbocycles. The molecule has 2 N–H and O–H groups in total. The number of pyridine rings is 1. The maximum Gasteiger partial charge on any atom is 0.201 e. The molecule has 5 nitrogen and oxygen atoms in total. The van der Waals surface area contributed by atoms with Gasteiger partial charge >= 0.3 is 0 Å². The van der Waals surface area contributed by atoms with Gasteiger partial charge in [-0.15, -0.1) is 0 Å². The highest BCUT2D eigenvalue weighted by Crippen LogP contribution is 2.25. The molecule has 0 atom stereocenters. The first kappa shape index (κ1) is 13.8. The van der Waals surface area contributed by atoms with Crippen LogP contribution in [0.3, 0.4) is 0 Å². The number of nitrogen functional groups attached to an aromatic ring is 1. The van der Waals surface area contributed by atoms with E-state index in [1.165, 1.54) is 0 Å². The van der Waals surface area contributed by atoms with Gasteiger partial charge < -0.3 is 15.2 Å². The van der Waals surface area contributed by atoms with Gasteiger partial charge in [0.1, 0.15) is 5.52 Å². The van der Waals surface area contributed by atoms with Gasteiger partial charge in [-0.25, -0.2) is 4.98 Å². The fourth-order valence-electron chi connectivity index (χ4n) is 2.70. The van der Waals surface area contributed by atoms with Gasteiger partial charge in [-0.1, -0.05) is 18.2 Å². The van der Waals surface area contributed by atoms with Crippen LogP contribution >= 0.6 is 0 Å². The molecule has 0 saturated carbocycles. The number of fused-ring (bicyclic) bond motifs is 3. The van der Waals surface area contributed by atoms with Crippen LogP contribution in [-0.2, 0) is 6.54 Å². The third kappa shape index (κ3) is 2.69. The van der Waals surface area contributed by atoms with Crippen LogP contribution in [0, 0.1) is 0 Å². The maximum atomic E-state index is 6.10. The molecule has 0 aliphatic rings. The van der Waals surface area contributed by atoms with Crippen molar-refractivity contribution in [2.75, 3.05) is 26.4 Å². The van der Waals surface area contributed by atoms with Crippen LogP contribution in [0.2, 0.25) is 0 Å². The average Bonchev–Trinajstić information content (AvgIpc) is 2.79. The number of anilines is 1. The summed E-state index contributed by atoms with van der Waals surface area (Å²) in [4.78, 5) is 11.1. The Morgan fingerprint density at radius 1 is 1.14 bits per heavy atom. The minimum Gasteiger partial charge on any atom is -0.369 e. The van der Waals surface area contributed by atoms with Crippen LogP contribution < -0.4 is 5.73 Å². The number of imidazole rings is 1. The fraction of sp³-hybridized carbons (Fsp3) is 0.375. The lowest BCUT2D eigenvalue weighted by Crippen LogP contribution is -2.13. The number of aromatic nitrogens is 3. The molecule has 0 aliphatic carbocycles. The number of unbranched alkanes of at least 4 members (excludes halogenated alkanes) is 1. The van der Waals surface area contributed by atoms with E-state index in [2.05, 4.69) is 39.6 Å². The minimum atomic E-state index is 0.577. The van der Waals surface area contributed by atoms with Gasteiger partial charge in [-0.05, 0) is 39.5 Å². The van der Waals surface area contributed by atoms with Crippen LogP contribution in [0.1, 0.15) is 12.8 Å². The molecule has 2 heterocycles. The van der Waals surface area contributed by atoms with Crippen LogP contribution in [0.25, 0.3) is 21.9 Å². The van der Waals surface area contributed by atoms with E-state index in [-0.39, 0.29) is 0 Å². The average molecular weight is 283 g/mol. The molecule has 0 amide bonds. The third-order valence-electron chi connectivity index (χ3n) is 3.75. The quantitative estimate of drug-likeness (QED) is 0.731. The molecule has 0 fully saturated rings. The number of para-hydroxylation sites is 1. The van der Waals surface area contributed by atoms with E-state index in [9.17, 15) is 0 Å². The Bertz CT molecular complexity index is 760. The monoisotopic (exact) mass is 283 g/mol. The highest BCUT2D eigenvalue weighted by molar-refractivity contribution is 6.02. The summed E-state index contributed by atoms with van der Waals surface area (Å²) in [6.07, 6.45) is 4.05. The highest BCUT2D eigenvalue weighted by atomic mass is 15.2. The van der Waals surface area contributed by atoms with Crippen molar-refractivity contribution in [1.82, 2.24) is 19.4 Å². The summed E-state index contributed by atoms with van der Waals surface area (Å²) in [5, 5.41) is 1.12. The lowest BCUT2D eigenvalue weighted by atomic mass is 10.2. The van der Waals surface area contributed by atoms with E-state index in [4.69, 9.17) is 5.73 Å². The summed E-state index contributed by atoms with van der Waals surface area (Å²) in [5.41, 5.74) is 9.06. The molecule has 21 heavy (non-hydrogen) atoms. The van der Waals surface area contributed by atoms with E-state index in [0.29, 0.717) is 5.95 Å². The van der Waals surface area contributed by atoms with Crippen molar-refractivity contribution in [3.05, 3.63) is 30.5 Å². The standard InChI is InChI=1S/C16H21N5/c1-20(2)9-5-6-10-21-15-12-7-3-4-8-13(12)18-11-14(15)19-16(21)17/h3-4,7-8,11H,5-6,9-10H2,1-2H3,(H2,17,19). The van der Waals surface area contributed by atoms with Crippen molar-refractivity contribution in [3.63, 3.8) is 0 Å². The second-order valence-electron chi connectivity index (χ2n) is 5.64. The molecule has 2 aromatic heterocycles. The Hall–Kier alpha value is -2.14. The van der Waals surface area contributed by atoms with Crippen molar-refractivity contribution >= 4 is 27.9 Å². The number of aryl methyl sites for hydroxylation is 1. The van der Waals surface area contributed by atoms with Crippen LogP contribution in [0.15, 0.2) is 30.5 Å². The van der Waals surface area contributed by atoms with Gasteiger partial charge in [0.15, 0.2) is 0 Å². The van der Waals surface area contributed by atoms with E-state index in [0.717, 1.165) is 47.9 Å². The topological polar surface area (TPSA) is 60.0 Å². The zero-order chi connectivity index (χ0) is 14.8. The molecule has 0 bridgehead atoms. The van der Waals surface area contributed by atoms with E-state index < -0.39 is 0 Å². The van der Waals surface area contributed by atoms with Gasteiger partial charge in [0, 0.05) is 11.9 Å². The van der Waals surface area contributed by atoms with E-state index >= 15 is 0 Å². The van der Waals surface area contributed by atoms with Gasteiger partial charge in [0.05, 0.1) is 17.2 Å². The Morgan fingerprint density at radius 2 is 1.95 bits per heavy atom. The third-order valence-corrected chi connectivity index (χ3v) is 3.75. The largest absolute Gasteiger partial charge is 0.369 e. The highest BCUT2D eigenvalue weighted by Gasteiger charge is 2.11. The Morgan fingerprint density at radius 3 is 2.76 bits per heavy atom. The second-order valence-corrected chi connectivity index (χ2v) is 5.64. The Labute approximate surface area is 124 Å². The zero-order valence-electron chi connectivity index (χ0n) is 12.6. The number of nitrogens with zero attached hydrogens (tertiary/aromatic N) is 4. The van der Waals surface area contributed by atoms with E-state index in [1.54, 1.807) is 0 Å². The number of benzene rings is 1. The van der Waals surface area contributed by atoms with Crippen LogP contribution in [-0.4, -0.2) is 40.1 Å². The predicted octanol–water partition coefficient (Wildman–Crippen LogP) is 2.51. The number of rotatable bonds is 5. The smallest absolute Gasteiger partial charge is 0.201 e. The number of hydrogen-bond acceptors (Lipinski definition) is 4. The Balaban J connectivity index is 1.97. The molecule has 0 spiro atoms. The van der Waals surface area contributed by atoms with Gasteiger partial charge in [0.2, 0.25) is 5.95 Å². The predicted molar refractivity (Wildman–Crippen MR) is 87.2 cm³/mol. The SMILES string of the molecule is CN(C)CCCCn1c(N)nc2cnc3ccccc3c21. The van der Waals surface area contributed by atoms with Crippen LogP contribution in [0.5, 0.6) is 0 Å². The first-order valence-electron chi connectivity index (χ1n) is 7.31. The number of hydrogen-bond donors (Lipinski definition) is 1. The summed E-state index contributed by atoms with van der Waals surface area (Å²) in [7, 11) is 4.19. The van der Waals surface area contributed by atoms with Gasteiger partial charge in [-0.2, -0.15) is 0 Å². The second kappa shape index (κ2) is 5.69. The van der Waals surface area contributed by atoms with Gasteiger partial charge in [0.25, 0.3) is 0 Å². The minimum absolute atomic E-state index is 0.577. The first-order valence-corrected chi connectivity index (χ1v) is 7.31. The molecule has 0 saturated heterocycles. The molecule has 3 aromatic rings. The summed E-state index contributed by atoms with van der Waals surface area (Å²) >= 11 is 0. The molecule has 110 valence electrons. The fourth-order valence-corrected chi connectivity index (χ4v) is 2.70. The first-order chi connectivity index (χ1) is 10.2. The maximum absolute atomic E-state index is 6.10. The summed E-state index contributed by atoms with van der Waals surface area (Å²) < 4.78 is 2.12. The molecule has 0 radical (unpaired) electrons. The van der Waals surface area contributed by atoms with Crippen LogP contribution in [0.4, 0.5) is 5.95 Å². The van der Waals surface area contributed by atoms with Crippen molar-refractivity contribution in [2.45, 2.75) is 19.4 Å². The lowest BCUT2D eigenvalue weighted by Gasteiger charge is -2.11. The molecule has 0 aliphatic heterocycles. The Kier molecular flexibility index (Phi) is 3.75.